The molecule has 6 heteroatoms. The van der Waals surface area contributed by atoms with Gasteiger partial charge in [0.15, 0.2) is 5.69 Å². The first kappa shape index (κ1) is 15.3. The number of hydrogen-bond acceptors (Lipinski definition) is 4. The number of carbonyl (C=O) groups excluding carboxylic acids is 1. The third-order valence-corrected chi connectivity index (χ3v) is 4.15. The molecule has 5 nitrogen and oxygen atoms in total. The predicted molar refractivity (Wildman–Crippen MR) is 90.9 cm³/mol. The van der Waals surface area contributed by atoms with Crippen molar-refractivity contribution < 1.29 is 9.53 Å². The number of H-pyrrole nitrogens is 1. The highest BCUT2D eigenvalue weighted by Gasteiger charge is 2.11. The molecule has 0 bridgehead atoms. The van der Waals surface area contributed by atoms with Crippen LogP contribution < -0.4 is 10.1 Å². The molecule has 0 spiro atoms. The first-order valence-electron chi connectivity index (χ1n) is 7.29. The summed E-state index contributed by atoms with van der Waals surface area (Å²) < 4.78 is 5.60. The monoisotopic (exact) mass is 327 g/mol. The number of benzene rings is 1. The van der Waals surface area contributed by atoms with E-state index < -0.39 is 0 Å². The fourth-order valence-electron chi connectivity index (χ4n) is 2.13. The lowest BCUT2D eigenvalue weighted by atomic mass is 10.2. The molecule has 3 rings (SSSR count). The van der Waals surface area contributed by atoms with Gasteiger partial charge >= 0.3 is 0 Å². The van der Waals surface area contributed by atoms with Crippen LogP contribution in [0.3, 0.4) is 0 Å². The third kappa shape index (κ3) is 3.98. The van der Waals surface area contributed by atoms with Crippen molar-refractivity contribution >= 4 is 17.2 Å². The zero-order chi connectivity index (χ0) is 16.1. The molecule has 2 N–H and O–H groups in total. The average molecular weight is 327 g/mol. The third-order valence-electron chi connectivity index (χ3n) is 3.24. The van der Waals surface area contributed by atoms with Gasteiger partial charge in [0.1, 0.15) is 12.4 Å². The first-order chi connectivity index (χ1) is 11.2. The number of aromatic amines is 1. The highest BCUT2D eigenvalue weighted by molar-refractivity contribution is 7.13. The quantitative estimate of drug-likeness (QED) is 0.683. The fraction of sp³-hybridized carbons (Fsp3) is 0.176. The maximum atomic E-state index is 12.0. The van der Waals surface area contributed by atoms with Gasteiger partial charge in [-0.25, -0.2) is 0 Å². The van der Waals surface area contributed by atoms with Gasteiger partial charge < -0.3 is 10.1 Å². The Morgan fingerprint density at radius 2 is 2.22 bits per heavy atom. The van der Waals surface area contributed by atoms with Crippen LogP contribution >= 0.6 is 11.3 Å². The maximum absolute atomic E-state index is 12.0. The van der Waals surface area contributed by atoms with E-state index in [1.165, 1.54) is 0 Å². The minimum atomic E-state index is -0.211. The number of hydrogen-bond donors (Lipinski definition) is 2. The fourth-order valence-corrected chi connectivity index (χ4v) is 2.82. The Labute approximate surface area is 138 Å². The van der Waals surface area contributed by atoms with Crippen molar-refractivity contribution in [2.24, 2.45) is 0 Å². The van der Waals surface area contributed by atoms with Gasteiger partial charge in [-0.05, 0) is 42.1 Å². The summed E-state index contributed by atoms with van der Waals surface area (Å²) >= 11 is 1.60. The van der Waals surface area contributed by atoms with E-state index in [2.05, 4.69) is 15.5 Å². The van der Waals surface area contributed by atoms with Gasteiger partial charge in [0.05, 0.1) is 17.1 Å². The second-order valence-corrected chi connectivity index (χ2v) is 6.01. The summed E-state index contributed by atoms with van der Waals surface area (Å²) in [5.41, 5.74) is 2.37. The zero-order valence-corrected chi connectivity index (χ0v) is 13.5. The summed E-state index contributed by atoms with van der Waals surface area (Å²) in [5, 5.41) is 11.7. The van der Waals surface area contributed by atoms with Crippen LogP contribution in [0.25, 0.3) is 10.6 Å². The number of aromatic nitrogens is 2. The van der Waals surface area contributed by atoms with Crippen molar-refractivity contribution in [2.75, 3.05) is 13.2 Å². The number of ether oxygens (including phenoxy) is 1. The molecule has 0 atom stereocenters. The normalized spacial score (nSPS) is 10.5. The van der Waals surface area contributed by atoms with E-state index in [0.717, 1.165) is 21.9 Å². The molecule has 118 valence electrons. The zero-order valence-electron chi connectivity index (χ0n) is 12.7. The first-order valence-corrected chi connectivity index (χ1v) is 8.17. The average Bonchev–Trinajstić information content (AvgIpc) is 3.21. The number of aryl methyl sites for hydroxylation is 1. The lowest BCUT2D eigenvalue weighted by molar-refractivity contribution is 0.0942. The highest BCUT2D eigenvalue weighted by Crippen LogP contribution is 2.22. The summed E-state index contributed by atoms with van der Waals surface area (Å²) in [5.74, 6) is 0.593. The van der Waals surface area contributed by atoms with Crippen molar-refractivity contribution in [2.45, 2.75) is 6.92 Å². The van der Waals surface area contributed by atoms with Crippen LogP contribution in [0.15, 0.2) is 47.8 Å². The van der Waals surface area contributed by atoms with Crippen LogP contribution in [-0.4, -0.2) is 29.3 Å². The second-order valence-electron chi connectivity index (χ2n) is 5.07. The van der Waals surface area contributed by atoms with Crippen molar-refractivity contribution in [1.82, 2.24) is 15.5 Å². The van der Waals surface area contributed by atoms with Gasteiger partial charge in [-0.15, -0.1) is 11.3 Å². The Morgan fingerprint density at radius 1 is 1.30 bits per heavy atom. The molecule has 0 saturated heterocycles. The van der Waals surface area contributed by atoms with Crippen LogP contribution in [-0.2, 0) is 0 Å². The Hall–Kier alpha value is -2.60. The SMILES string of the molecule is Cc1cccc(OCCNC(=O)c2cc(-c3cccs3)[nH]n2)c1. The molecule has 0 aliphatic carbocycles. The van der Waals surface area contributed by atoms with Gasteiger partial charge in [0, 0.05) is 0 Å². The summed E-state index contributed by atoms with van der Waals surface area (Å²) in [4.78, 5) is 13.1. The largest absolute Gasteiger partial charge is 0.492 e. The van der Waals surface area contributed by atoms with Crippen molar-refractivity contribution in [3.8, 4) is 16.3 Å². The van der Waals surface area contributed by atoms with E-state index in [9.17, 15) is 4.79 Å². The maximum Gasteiger partial charge on any atom is 0.271 e. The molecule has 0 aliphatic heterocycles. The predicted octanol–water partition coefficient (Wildman–Crippen LogP) is 3.26. The van der Waals surface area contributed by atoms with Gasteiger partial charge in [0.25, 0.3) is 5.91 Å². The Morgan fingerprint density at radius 3 is 3.00 bits per heavy atom. The number of thiophene rings is 1. The van der Waals surface area contributed by atoms with E-state index in [-0.39, 0.29) is 5.91 Å². The summed E-state index contributed by atoms with van der Waals surface area (Å²) in [7, 11) is 0. The Kier molecular flexibility index (Phi) is 4.73. The lowest BCUT2D eigenvalue weighted by Gasteiger charge is -2.07. The molecule has 2 heterocycles. The van der Waals surface area contributed by atoms with Gasteiger partial charge in [-0.1, -0.05) is 18.2 Å². The van der Waals surface area contributed by atoms with Crippen LogP contribution in [0.2, 0.25) is 0 Å². The van der Waals surface area contributed by atoms with Gasteiger partial charge in [-0.2, -0.15) is 5.10 Å². The molecule has 0 fully saturated rings. The van der Waals surface area contributed by atoms with Crippen molar-refractivity contribution in [3.63, 3.8) is 0 Å². The molecule has 23 heavy (non-hydrogen) atoms. The molecule has 0 radical (unpaired) electrons. The van der Waals surface area contributed by atoms with E-state index in [1.54, 1.807) is 17.4 Å². The minimum absolute atomic E-state index is 0.211. The molecular weight excluding hydrogens is 310 g/mol. The van der Waals surface area contributed by atoms with E-state index in [4.69, 9.17) is 4.74 Å². The number of amides is 1. The topological polar surface area (TPSA) is 67.0 Å². The highest BCUT2D eigenvalue weighted by atomic mass is 32.1. The van der Waals surface area contributed by atoms with Crippen LogP contribution in [0, 0.1) is 6.92 Å². The smallest absolute Gasteiger partial charge is 0.271 e. The number of rotatable bonds is 6. The summed E-state index contributed by atoms with van der Waals surface area (Å²) in [6, 6.07) is 13.5. The van der Waals surface area contributed by atoms with Crippen molar-refractivity contribution in [3.05, 3.63) is 59.1 Å². The molecule has 3 aromatic rings. The number of carbonyl (C=O) groups is 1. The molecule has 1 amide bonds. The second kappa shape index (κ2) is 7.11. The van der Waals surface area contributed by atoms with E-state index >= 15 is 0 Å². The van der Waals surface area contributed by atoms with E-state index in [0.29, 0.717) is 18.8 Å². The van der Waals surface area contributed by atoms with Crippen molar-refractivity contribution in [1.29, 1.82) is 0 Å². The molecule has 0 aliphatic rings. The molecular formula is C17H17N3O2S. The lowest BCUT2D eigenvalue weighted by Crippen LogP contribution is -2.28. The molecule has 1 aromatic carbocycles. The standard InChI is InChI=1S/C17H17N3O2S/c1-12-4-2-5-13(10-12)22-8-7-18-17(21)15-11-14(19-20-15)16-6-3-9-23-16/h2-6,9-11H,7-8H2,1H3,(H,18,21)(H,19,20). The van der Waals surface area contributed by atoms with Gasteiger partial charge in [0.2, 0.25) is 0 Å². The minimum Gasteiger partial charge on any atom is -0.492 e. The molecule has 2 aromatic heterocycles. The van der Waals surface area contributed by atoms with Gasteiger partial charge in [-0.3, -0.25) is 9.89 Å². The Bertz CT molecular complexity index is 781. The number of nitrogens with one attached hydrogen (secondary N) is 2. The summed E-state index contributed by atoms with van der Waals surface area (Å²) in [6.07, 6.45) is 0. The van der Waals surface area contributed by atoms with E-state index in [1.807, 2.05) is 48.7 Å². The number of nitrogens with zero attached hydrogens (tertiary/aromatic N) is 1. The van der Waals surface area contributed by atoms with Crippen LogP contribution in [0.5, 0.6) is 5.75 Å². The van der Waals surface area contributed by atoms with Crippen LogP contribution in [0.4, 0.5) is 0 Å². The molecule has 0 saturated carbocycles. The molecule has 0 unspecified atom stereocenters. The van der Waals surface area contributed by atoms with Crippen LogP contribution in [0.1, 0.15) is 16.1 Å². The Balaban J connectivity index is 1.48. The summed E-state index contributed by atoms with van der Waals surface area (Å²) in [6.45, 7) is 2.85.